The second kappa shape index (κ2) is 7.96. The first-order valence-electron chi connectivity index (χ1n) is 3.24. The molecular weight excluding hydrogens is 176 g/mol. The van der Waals surface area contributed by atoms with Crippen LogP contribution in [-0.2, 0) is 0 Å². The van der Waals surface area contributed by atoms with E-state index < -0.39 is 0 Å². The Bertz CT molecular complexity index is 92.7. The van der Waals surface area contributed by atoms with Gasteiger partial charge < -0.3 is 0 Å². The number of allylic oxidation sites excluding steroid dienone is 4. The van der Waals surface area contributed by atoms with E-state index in [0.29, 0.717) is 0 Å². The van der Waals surface area contributed by atoms with Gasteiger partial charge in [0.15, 0.2) is 0 Å². The highest BCUT2D eigenvalue weighted by Crippen LogP contribution is 1.93. The molecule has 1 heteroatoms. The van der Waals surface area contributed by atoms with Crippen molar-refractivity contribution in [2.75, 3.05) is 5.33 Å². The molecule has 0 nitrogen and oxygen atoms in total. The Morgan fingerprint density at radius 1 is 1.11 bits per heavy atom. The molecule has 0 saturated heterocycles. The van der Waals surface area contributed by atoms with Gasteiger partial charge in [-0.1, -0.05) is 40.2 Å². The van der Waals surface area contributed by atoms with Crippen LogP contribution in [0.1, 0.15) is 19.8 Å². The molecule has 0 fully saturated rings. The molecule has 0 aliphatic heterocycles. The van der Waals surface area contributed by atoms with Crippen LogP contribution in [0.3, 0.4) is 0 Å². The lowest BCUT2D eigenvalue weighted by molar-refractivity contribution is 1.05. The molecule has 0 heterocycles. The maximum absolute atomic E-state index is 3.31. The first kappa shape index (κ1) is 8.96. The lowest BCUT2D eigenvalue weighted by atomic mass is 10.3. The average Bonchev–Trinajstić information content (AvgIpc) is 1.89. The van der Waals surface area contributed by atoms with Crippen LogP contribution >= 0.6 is 15.9 Å². The number of unbranched alkanes of at least 4 members (excludes halogenated alkanes) is 1. The molecule has 0 atom stereocenters. The summed E-state index contributed by atoms with van der Waals surface area (Å²) in [5.41, 5.74) is 0. The fraction of sp³-hybridized carbons (Fsp3) is 0.500. The fourth-order valence-corrected chi connectivity index (χ4v) is 0.804. The Kier molecular flexibility index (Phi) is 7.92. The Hall–Kier alpha value is -0.0400. The van der Waals surface area contributed by atoms with E-state index in [1.54, 1.807) is 0 Å². The predicted octanol–water partition coefficient (Wildman–Crippen LogP) is 3.29. The monoisotopic (exact) mass is 188 g/mol. The molecule has 0 N–H and O–H groups in total. The van der Waals surface area contributed by atoms with Crippen molar-refractivity contribution in [1.29, 1.82) is 0 Å². The van der Waals surface area contributed by atoms with E-state index in [4.69, 9.17) is 0 Å². The van der Waals surface area contributed by atoms with E-state index in [0.717, 1.165) is 11.8 Å². The van der Waals surface area contributed by atoms with Crippen LogP contribution in [0.25, 0.3) is 0 Å². The van der Waals surface area contributed by atoms with Crippen molar-refractivity contribution < 1.29 is 0 Å². The third-order valence-electron chi connectivity index (χ3n) is 0.991. The molecular formula is C8H13Br. The molecule has 0 unspecified atom stereocenters. The minimum absolute atomic E-state index is 0.975. The molecule has 9 heavy (non-hydrogen) atoms. The molecule has 0 spiro atoms. The summed E-state index contributed by atoms with van der Waals surface area (Å²) < 4.78 is 0. The number of hydrogen-bond donors (Lipinski definition) is 0. The largest absolute Gasteiger partial charge is 0.0917 e. The van der Waals surface area contributed by atoms with Crippen LogP contribution in [-0.4, -0.2) is 5.33 Å². The summed E-state index contributed by atoms with van der Waals surface area (Å²) in [5.74, 6) is 0. The Balaban J connectivity index is 2.99. The zero-order valence-corrected chi connectivity index (χ0v) is 7.39. The molecule has 0 aromatic heterocycles. The zero-order chi connectivity index (χ0) is 6.95. The van der Waals surface area contributed by atoms with Gasteiger partial charge in [0.25, 0.3) is 0 Å². The van der Waals surface area contributed by atoms with Crippen molar-refractivity contribution in [3.8, 4) is 0 Å². The van der Waals surface area contributed by atoms with Crippen LogP contribution in [0.15, 0.2) is 24.3 Å². The molecule has 0 aliphatic carbocycles. The van der Waals surface area contributed by atoms with Gasteiger partial charge >= 0.3 is 0 Å². The summed E-state index contributed by atoms with van der Waals surface area (Å²) in [6.07, 6.45) is 10.9. The summed E-state index contributed by atoms with van der Waals surface area (Å²) in [7, 11) is 0. The topological polar surface area (TPSA) is 0 Å². The van der Waals surface area contributed by atoms with Crippen LogP contribution < -0.4 is 0 Å². The Morgan fingerprint density at radius 2 is 1.78 bits per heavy atom. The summed E-state index contributed by atoms with van der Waals surface area (Å²) in [6, 6.07) is 0. The SMILES string of the molecule is C/C=C/CC/C=C/CBr. The first-order valence-corrected chi connectivity index (χ1v) is 4.36. The first-order chi connectivity index (χ1) is 4.41. The van der Waals surface area contributed by atoms with Crippen molar-refractivity contribution in [3.05, 3.63) is 24.3 Å². The molecule has 0 aromatic carbocycles. The highest BCUT2D eigenvalue weighted by atomic mass is 79.9. The van der Waals surface area contributed by atoms with E-state index in [1.165, 1.54) is 6.42 Å². The highest BCUT2D eigenvalue weighted by Gasteiger charge is 1.72. The second-order valence-electron chi connectivity index (χ2n) is 1.77. The van der Waals surface area contributed by atoms with Gasteiger partial charge in [-0.15, -0.1) is 0 Å². The van der Waals surface area contributed by atoms with Gasteiger partial charge in [0.2, 0.25) is 0 Å². The number of rotatable bonds is 4. The molecule has 0 amide bonds. The Morgan fingerprint density at radius 3 is 2.33 bits per heavy atom. The van der Waals surface area contributed by atoms with E-state index in [2.05, 4.69) is 40.2 Å². The third-order valence-corrected chi connectivity index (χ3v) is 1.37. The summed E-state index contributed by atoms with van der Waals surface area (Å²) in [6.45, 7) is 2.05. The smallest absolute Gasteiger partial charge is 0.0212 e. The van der Waals surface area contributed by atoms with Gasteiger partial charge in [-0.3, -0.25) is 0 Å². The fourth-order valence-electron chi connectivity index (χ4n) is 0.540. The second-order valence-corrected chi connectivity index (χ2v) is 2.42. The maximum Gasteiger partial charge on any atom is 0.0212 e. The van der Waals surface area contributed by atoms with Crippen LogP contribution in [0, 0.1) is 0 Å². The molecule has 52 valence electrons. The van der Waals surface area contributed by atoms with Crippen molar-refractivity contribution in [1.82, 2.24) is 0 Å². The van der Waals surface area contributed by atoms with E-state index in [9.17, 15) is 0 Å². The molecule has 0 aromatic rings. The van der Waals surface area contributed by atoms with Gasteiger partial charge in [-0.05, 0) is 19.8 Å². The number of hydrogen-bond acceptors (Lipinski definition) is 0. The Labute approximate surface area is 65.8 Å². The van der Waals surface area contributed by atoms with Crippen molar-refractivity contribution in [2.45, 2.75) is 19.8 Å². The van der Waals surface area contributed by atoms with Crippen LogP contribution in [0.2, 0.25) is 0 Å². The van der Waals surface area contributed by atoms with Crippen molar-refractivity contribution >= 4 is 15.9 Å². The zero-order valence-electron chi connectivity index (χ0n) is 5.81. The summed E-state index contributed by atoms with van der Waals surface area (Å²) in [4.78, 5) is 0. The van der Waals surface area contributed by atoms with Gasteiger partial charge in [-0.25, -0.2) is 0 Å². The number of halogens is 1. The van der Waals surface area contributed by atoms with Gasteiger partial charge in [0, 0.05) is 5.33 Å². The minimum atomic E-state index is 0.975. The maximum atomic E-state index is 3.31. The van der Waals surface area contributed by atoms with Gasteiger partial charge in [-0.2, -0.15) is 0 Å². The molecule has 0 aliphatic rings. The summed E-state index contributed by atoms with van der Waals surface area (Å²) in [5, 5.41) is 0.975. The standard InChI is InChI=1S/C8H13Br/c1-2-3-4-5-6-7-8-9/h2-3,6-7H,4-5,8H2,1H3/b3-2+,7-6+. The lowest BCUT2D eigenvalue weighted by Gasteiger charge is -1.82. The lowest BCUT2D eigenvalue weighted by Crippen LogP contribution is -1.64. The summed E-state index contributed by atoms with van der Waals surface area (Å²) >= 11 is 3.31. The van der Waals surface area contributed by atoms with Gasteiger partial charge in [0.1, 0.15) is 0 Å². The van der Waals surface area contributed by atoms with Crippen molar-refractivity contribution in [2.24, 2.45) is 0 Å². The number of alkyl halides is 1. The average molecular weight is 189 g/mol. The predicted molar refractivity (Wildman–Crippen MR) is 47.0 cm³/mol. The van der Waals surface area contributed by atoms with Crippen molar-refractivity contribution in [3.63, 3.8) is 0 Å². The third kappa shape index (κ3) is 7.96. The van der Waals surface area contributed by atoms with Crippen LogP contribution in [0.4, 0.5) is 0 Å². The molecule has 0 rings (SSSR count). The molecule has 0 radical (unpaired) electrons. The highest BCUT2D eigenvalue weighted by molar-refractivity contribution is 9.09. The molecule has 0 saturated carbocycles. The van der Waals surface area contributed by atoms with E-state index in [1.807, 2.05) is 6.92 Å². The normalized spacial score (nSPS) is 11.8. The van der Waals surface area contributed by atoms with Gasteiger partial charge in [0.05, 0.1) is 0 Å². The van der Waals surface area contributed by atoms with E-state index in [-0.39, 0.29) is 0 Å². The quantitative estimate of drug-likeness (QED) is 0.361. The van der Waals surface area contributed by atoms with Crippen LogP contribution in [0.5, 0.6) is 0 Å². The minimum Gasteiger partial charge on any atom is -0.0917 e. The molecule has 0 bridgehead atoms. The van der Waals surface area contributed by atoms with E-state index >= 15 is 0 Å².